The van der Waals surface area contributed by atoms with Crippen LogP contribution in [0.4, 0.5) is 0 Å². The van der Waals surface area contributed by atoms with Gasteiger partial charge in [-0.15, -0.1) is 0 Å². The first kappa shape index (κ1) is 11.5. The van der Waals surface area contributed by atoms with Crippen molar-refractivity contribution in [2.75, 3.05) is 0 Å². The van der Waals surface area contributed by atoms with E-state index in [-0.39, 0.29) is 5.41 Å². The minimum absolute atomic E-state index is 0.263. The fourth-order valence-electron chi connectivity index (χ4n) is 2.57. The van der Waals surface area contributed by atoms with Gasteiger partial charge in [-0.2, -0.15) is 5.26 Å². The van der Waals surface area contributed by atoms with Crippen molar-refractivity contribution in [3.63, 3.8) is 0 Å². The van der Waals surface area contributed by atoms with Gasteiger partial charge in [-0.05, 0) is 30.5 Å². The summed E-state index contributed by atoms with van der Waals surface area (Å²) in [7, 11) is 0. The van der Waals surface area contributed by atoms with Gasteiger partial charge in [0.25, 0.3) is 0 Å². The summed E-state index contributed by atoms with van der Waals surface area (Å²) in [6.07, 6.45) is 6.83. The lowest BCUT2D eigenvalue weighted by atomic mass is 9.76. The van der Waals surface area contributed by atoms with E-state index in [0.29, 0.717) is 0 Å². The Morgan fingerprint density at radius 3 is 2.06 bits per heavy atom. The third-order valence-corrected chi connectivity index (χ3v) is 3.82. The zero-order valence-electron chi connectivity index (χ0n) is 9.38. The van der Waals surface area contributed by atoms with E-state index in [0.717, 1.165) is 36.3 Å². The van der Waals surface area contributed by atoms with Crippen LogP contribution in [-0.2, 0) is 5.41 Å². The zero-order chi connectivity index (χ0) is 11.4. The smallest absolute Gasteiger partial charge is 0.0822 e. The van der Waals surface area contributed by atoms with Gasteiger partial charge in [0.2, 0.25) is 0 Å². The van der Waals surface area contributed by atoms with E-state index in [1.807, 2.05) is 24.3 Å². The van der Waals surface area contributed by atoms with Crippen molar-refractivity contribution in [3.05, 3.63) is 34.9 Å². The predicted molar refractivity (Wildman–Crippen MR) is 66.4 cm³/mol. The van der Waals surface area contributed by atoms with Crippen LogP contribution in [0.25, 0.3) is 0 Å². The molecule has 1 aromatic rings. The molecule has 0 spiro atoms. The van der Waals surface area contributed by atoms with Crippen molar-refractivity contribution in [1.82, 2.24) is 0 Å². The average Bonchev–Trinajstić information content (AvgIpc) is 2.56. The van der Waals surface area contributed by atoms with Crippen molar-refractivity contribution < 1.29 is 0 Å². The second-order valence-electron chi connectivity index (χ2n) is 4.62. The molecule has 1 nitrogen and oxygen atoms in total. The molecule has 1 aliphatic carbocycles. The van der Waals surface area contributed by atoms with Crippen LogP contribution >= 0.6 is 11.6 Å². The summed E-state index contributed by atoms with van der Waals surface area (Å²) in [4.78, 5) is 0. The first-order chi connectivity index (χ1) is 7.77. The van der Waals surface area contributed by atoms with Gasteiger partial charge in [0.15, 0.2) is 0 Å². The molecule has 0 amide bonds. The molecule has 16 heavy (non-hydrogen) atoms. The molecule has 1 saturated carbocycles. The van der Waals surface area contributed by atoms with Crippen molar-refractivity contribution in [3.8, 4) is 6.07 Å². The topological polar surface area (TPSA) is 23.8 Å². The summed E-state index contributed by atoms with van der Waals surface area (Å²) >= 11 is 5.89. The standard InChI is InChI=1S/C14H16ClN/c15-13-7-5-12(6-8-13)14(11-16)9-3-1-2-4-10-14/h5-8H,1-4,9-10H2. The van der Waals surface area contributed by atoms with E-state index in [1.54, 1.807) is 0 Å². The lowest BCUT2D eigenvalue weighted by molar-refractivity contribution is 0.475. The second kappa shape index (κ2) is 4.89. The van der Waals surface area contributed by atoms with Gasteiger partial charge in [0.1, 0.15) is 0 Å². The average molecular weight is 234 g/mol. The molecule has 84 valence electrons. The maximum atomic E-state index is 9.51. The molecule has 2 rings (SSSR count). The Kier molecular flexibility index (Phi) is 3.51. The fraction of sp³-hybridized carbons (Fsp3) is 0.500. The van der Waals surface area contributed by atoms with Crippen LogP contribution in [0.3, 0.4) is 0 Å². The van der Waals surface area contributed by atoms with E-state index < -0.39 is 0 Å². The van der Waals surface area contributed by atoms with Gasteiger partial charge in [-0.3, -0.25) is 0 Å². The van der Waals surface area contributed by atoms with Crippen LogP contribution in [0.5, 0.6) is 0 Å². The van der Waals surface area contributed by atoms with Crippen LogP contribution in [0.1, 0.15) is 44.1 Å². The van der Waals surface area contributed by atoms with Gasteiger partial charge in [-0.1, -0.05) is 49.4 Å². The highest BCUT2D eigenvalue weighted by molar-refractivity contribution is 6.30. The highest BCUT2D eigenvalue weighted by Gasteiger charge is 2.32. The Morgan fingerprint density at radius 2 is 1.56 bits per heavy atom. The number of nitrogens with zero attached hydrogens (tertiary/aromatic N) is 1. The summed E-state index contributed by atoms with van der Waals surface area (Å²) < 4.78 is 0. The van der Waals surface area contributed by atoms with E-state index in [2.05, 4.69) is 6.07 Å². The molecule has 0 aromatic heterocycles. The normalized spacial score (nSPS) is 19.8. The van der Waals surface area contributed by atoms with E-state index >= 15 is 0 Å². The predicted octanol–water partition coefficient (Wildman–Crippen LogP) is 4.46. The summed E-state index contributed by atoms with van der Waals surface area (Å²) in [5.41, 5.74) is 0.877. The monoisotopic (exact) mass is 233 g/mol. The van der Waals surface area contributed by atoms with Crippen molar-refractivity contribution >= 4 is 11.6 Å². The highest BCUT2D eigenvalue weighted by atomic mass is 35.5. The zero-order valence-corrected chi connectivity index (χ0v) is 10.1. The second-order valence-corrected chi connectivity index (χ2v) is 5.05. The van der Waals surface area contributed by atoms with Crippen molar-refractivity contribution in [1.29, 1.82) is 5.26 Å². The SMILES string of the molecule is N#CC1(c2ccc(Cl)cc2)CCCCCC1. The summed E-state index contributed by atoms with van der Waals surface area (Å²) in [6, 6.07) is 10.4. The Labute approximate surface area is 102 Å². The van der Waals surface area contributed by atoms with Crippen LogP contribution < -0.4 is 0 Å². The molecule has 0 unspecified atom stereocenters. The van der Waals surface area contributed by atoms with Gasteiger partial charge < -0.3 is 0 Å². The number of hydrogen-bond acceptors (Lipinski definition) is 1. The fourth-order valence-corrected chi connectivity index (χ4v) is 2.69. The Morgan fingerprint density at radius 1 is 1.00 bits per heavy atom. The molecular weight excluding hydrogens is 218 g/mol. The molecule has 1 aromatic carbocycles. The van der Waals surface area contributed by atoms with Crippen LogP contribution in [0, 0.1) is 11.3 Å². The number of benzene rings is 1. The third-order valence-electron chi connectivity index (χ3n) is 3.57. The van der Waals surface area contributed by atoms with Crippen LogP contribution in [0.2, 0.25) is 5.02 Å². The van der Waals surface area contributed by atoms with Crippen molar-refractivity contribution in [2.24, 2.45) is 0 Å². The quantitative estimate of drug-likeness (QED) is 0.658. The number of hydrogen-bond donors (Lipinski definition) is 0. The lowest BCUT2D eigenvalue weighted by Crippen LogP contribution is -2.22. The van der Waals surface area contributed by atoms with Gasteiger partial charge in [0.05, 0.1) is 11.5 Å². The molecule has 0 bridgehead atoms. The third kappa shape index (κ3) is 2.23. The van der Waals surface area contributed by atoms with Crippen LogP contribution in [-0.4, -0.2) is 0 Å². The summed E-state index contributed by atoms with van der Waals surface area (Å²) in [5.74, 6) is 0. The van der Waals surface area contributed by atoms with E-state index in [1.165, 1.54) is 12.8 Å². The maximum absolute atomic E-state index is 9.51. The molecular formula is C14H16ClN. The first-order valence-electron chi connectivity index (χ1n) is 5.94. The minimum atomic E-state index is -0.263. The molecule has 1 fully saturated rings. The highest BCUT2D eigenvalue weighted by Crippen LogP contribution is 2.38. The molecule has 0 radical (unpaired) electrons. The molecule has 2 heteroatoms. The molecule has 1 aliphatic rings. The van der Waals surface area contributed by atoms with Gasteiger partial charge in [-0.25, -0.2) is 0 Å². The lowest BCUT2D eigenvalue weighted by Gasteiger charge is -2.25. The summed E-state index contributed by atoms with van der Waals surface area (Å²) in [6.45, 7) is 0. The van der Waals surface area contributed by atoms with E-state index in [9.17, 15) is 5.26 Å². The molecule has 0 aliphatic heterocycles. The van der Waals surface area contributed by atoms with E-state index in [4.69, 9.17) is 11.6 Å². The van der Waals surface area contributed by atoms with Crippen molar-refractivity contribution in [2.45, 2.75) is 43.9 Å². The maximum Gasteiger partial charge on any atom is 0.0822 e. The largest absolute Gasteiger partial charge is 0.197 e. The Balaban J connectivity index is 2.33. The molecule has 0 heterocycles. The number of halogens is 1. The molecule has 0 atom stereocenters. The van der Waals surface area contributed by atoms with Gasteiger partial charge in [0, 0.05) is 5.02 Å². The van der Waals surface area contributed by atoms with Crippen LogP contribution in [0.15, 0.2) is 24.3 Å². The Bertz CT molecular complexity index is 380. The molecule has 0 N–H and O–H groups in total. The first-order valence-corrected chi connectivity index (χ1v) is 6.32. The minimum Gasteiger partial charge on any atom is -0.197 e. The number of nitriles is 1. The molecule has 0 saturated heterocycles. The Hall–Kier alpha value is -1.00. The summed E-state index contributed by atoms with van der Waals surface area (Å²) in [5, 5.41) is 10.2. The van der Waals surface area contributed by atoms with Gasteiger partial charge >= 0.3 is 0 Å². The number of rotatable bonds is 1.